The number of nitro benzene ring substituents is 1. The number of fused-ring (bicyclic) bond motifs is 1. The monoisotopic (exact) mass is 367 g/mol. The molecule has 1 heterocycles. The van der Waals surface area contributed by atoms with E-state index in [1.807, 2.05) is 14.0 Å². The molecule has 0 atom stereocenters. The lowest BCUT2D eigenvalue weighted by atomic mass is 9.88. The van der Waals surface area contributed by atoms with Gasteiger partial charge in [0, 0.05) is 42.2 Å². The molecule has 0 spiro atoms. The first-order valence-electron chi connectivity index (χ1n) is 8.66. The van der Waals surface area contributed by atoms with Crippen LogP contribution in [0.25, 0.3) is 5.57 Å². The Morgan fingerprint density at radius 1 is 1.22 bits per heavy atom. The van der Waals surface area contributed by atoms with Gasteiger partial charge in [-0.3, -0.25) is 15.1 Å². The van der Waals surface area contributed by atoms with Crippen LogP contribution in [-0.4, -0.2) is 23.7 Å². The van der Waals surface area contributed by atoms with Gasteiger partial charge in [0.25, 0.3) is 5.69 Å². The minimum absolute atomic E-state index is 0.0119. The highest BCUT2D eigenvalue weighted by Gasteiger charge is 2.29. The van der Waals surface area contributed by atoms with Crippen LogP contribution >= 0.6 is 0 Å². The Balaban J connectivity index is 1.99. The van der Waals surface area contributed by atoms with Crippen LogP contribution in [0.1, 0.15) is 37.5 Å². The number of hydrogen-bond donors (Lipinski definition) is 0. The molecule has 1 aliphatic heterocycles. The number of benzene rings is 2. The van der Waals surface area contributed by atoms with E-state index in [1.165, 1.54) is 24.4 Å². The SMILES string of the molecule is CC1=CC(C)(C)N(C)c2cc(F)c(C=Nc3ccc([N+](=O)[O-])cc3C)cc21. The zero-order valence-electron chi connectivity index (χ0n) is 16.1. The summed E-state index contributed by atoms with van der Waals surface area (Å²) in [6.45, 7) is 7.94. The van der Waals surface area contributed by atoms with Crippen molar-refractivity contribution in [3.05, 3.63) is 69.0 Å². The van der Waals surface area contributed by atoms with Crippen molar-refractivity contribution in [2.45, 2.75) is 33.2 Å². The second-order valence-electron chi connectivity index (χ2n) is 7.42. The average molecular weight is 367 g/mol. The Labute approximate surface area is 158 Å². The van der Waals surface area contributed by atoms with E-state index in [1.54, 1.807) is 19.1 Å². The van der Waals surface area contributed by atoms with E-state index < -0.39 is 4.92 Å². The highest BCUT2D eigenvalue weighted by atomic mass is 19.1. The molecule has 0 fully saturated rings. The molecule has 5 nitrogen and oxygen atoms in total. The second kappa shape index (κ2) is 6.61. The lowest BCUT2D eigenvalue weighted by Crippen LogP contribution is -2.42. The predicted octanol–water partition coefficient (Wildman–Crippen LogP) is 5.42. The number of hydrogen-bond acceptors (Lipinski definition) is 4. The maximum atomic E-state index is 14.7. The standard InChI is InChI=1S/C21H22FN3O2/c1-13-8-16(25(26)27)6-7-19(13)23-12-15-9-17-14(2)11-21(3,4)24(5)20(17)10-18(15)22/h6-12H,1-5H3. The van der Waals surface area contributed by atoms with Crippen LogP contribution in [0.5, 0.6) is 0 Å². The van der Waals surface area contributed by atoms with E-state index in [0.29, 0.717) is 16.8 Å². The van der Waals surface area contributed by atoms with Gasteiger partial charge in [-0.25, -0.2) is 4.39 Å². The summed E-state index contributed by atoms with van der Waals surface area (Å²) in [7, 11) is 1.95. The summed E-state index contributed by atoms with van der Waals surface area (Å²) < 4.78 is 14.7. The van der Waals surface area contributed by atoms with Gasteiger partial charge in [-0.1, -0.05) is 6.08 Å². The number of aliphatic imine (C=N–C) groups is 1. The number of likely N-dealkylation sites (N-methyl/N-ethyl adjacent to an activating group) is 1. The molecule has 0 saturated carbocycles. The normalized spacial score (nSPS) is 15.6. The molecule has 0 radical (unpaired) electrons. The Morgan fingerprint density at radius 3 is 2.56 bits per heavy atom. The Morgan fingerprint density at radius 2 is 1.93 bits per heavy atom. The second-order valence-corrected chi connectivity index (χ2v) is 7.42. The molecule has 0 bridgehead atoms. The van der Waals surface area contributed by atoms with E-state index in [-0.39, 0.29) is 17.0 Å². The first-order chi connectivity index (χ1) is 12.6. The fourth-order valence-electron chi connectivity index (χ4n) is 3.32. The van der Waals surface area contributed by atoms with Crippen LogP contribution in [0.2, 0.25) is 0 Å². The lowest BCUT2D eigenvalue weighted by Gasteiger charge is -2.40. The van der Waals surface area contributed by atoms with Gasteiger partial charge in [-0.2, -0.15) is 0 Å². The predicted molar refractivity (Wildman–Crippen MR) is 108 cm³/mol. The third kappa shape index (κ3) is 3.47. The average Bonchev–Trinajstić information content (AvgIpc) is 2.58. The molecule has 3 rings (SSSR count). The zero-order chi connectivity index (χ0) is 19.9. The van der Waals surface area contributed by atoms with Crippen molar-refractivity contribution >= 4 is 28.8 Å². The molecular weight excluding hydrogens is 345 g/mol. The van der Waals surface area contributed by atoms with Crippen LogP contribution in [0, 0.1) is 22.9 Å². The van der Waals surface area contributed by atoms with Crippen LogP contribution in [0.15, 0.2) is 41.4 Å². The molecule has 0 unspecified atom stereocenters. The highest BCUT2D eigenvalue weighted by molar-refractivity contribution is 5.89. The van der Waals surface area contributed by atoms with Crippen LogP contribution in [-0.2, 0) is 0 Å². The van der Waals surface area contributed by atoms with Crippen LogP contribution in [0.4, 0.5) is 21.5 Å². The number of anilines is 1. The number of nitrogens with zero attached hydrogens (tertiary/aromatic N) is 3. The number of rotatable bonds is 3. The molecule has 0 aliphatic carbocycles. The molecule has 27 heavy (non-hydrogen) atoms. The van der Waals surface area contributed by atoms with E-state index in [2.05, 4.69) is 29.8 Å². The minimum Gasteiger partial charge on any atom is -0.365 e. The largest absolute Gasteiger partial charge is 0.365 e. The Hall–Kier alpha value is -3.02. The Kier molecular flexibility index (Phi) is 4.59. The number of nitro groups is 1. The lowest BCUT2D eigenvalue weighted by molar-refractivity contribution is -0.384. The van der Waals surface area contributed by atoms with Crippen molar-refractivity contribution in [3.8, 4) is 0 Å². The van der Waals surface area contributed by atoms with Gasteiger partial charge in [-0.15, -0.1) is 0 Å². The molecule has 2 aromatic rings. The third-order valence-electron chi connectivity index (χ3n) is 5.07. The summed E-state index contributed by atoms with van der Waals surface area (Å²) in [6.07, 6.45) is 3.63. The quantitative estimate of drug-likeness (QED) is 0.413. The number of aryl methyl sites for hydroxylation is 1. The van der Waals surface area contributed by atoms with Gasteiger partial charge < -0.3 is 4.90 Å². The smallest absolute Gasteiger partial charge is 0.269 e. The first-order valence-corrected chi connectivity index (χ1v) is 8.66. The zero-order valence-corrected chi connectivity index (χ0v) is 16.1. The van der Waals surface area contributed by atoms with E-state index >= 15 is 0 Å². The molecule has 1 aliphatic rings. The summed E-state index contributed by atoms with van der Waals surface area (Å²) in [5, 5.41) is 10.8. The van der Waals surface area contributed by atoms with E-state index in [9.17, 15) is 14.5 Å². The van der Waals surface area contributed by atoms with Gasteiger partial charge in [0.15, 0.2) is 0 Å². The summed E-state index contributed by atoms with van der Waals surface area (Å²) in [6, 6.07) is 7.76. The van der Waals surface area contributed by atoms with Crippen molar-refractivity contribution in [3.63, 3.8) is 0 Å². The van der Waals surface area contributed by atoms with Gasteiger partial charge >= 0.3 is 0 Å². The van der Waals surface area contributed by atoms with Crippen molar-refractivity contribution in [1.82, 2.24) is 0 Å². The summed E-state index contributed by atoms with van der Waals surface area (Å²) >= 11 is 0. The molecule has 2 aromatic carbocycles. The van der Waals surface area contributed by atoms with Crippen LogP contribution < -0.4 is 4.90 Å². The van der Waals surface area contributed by atoms with Gasteiger partial charge in [-0.05, 0) is 57.0 Å². The van der Waals surface area contributed by atoms with Gasteiger partial charge in [0.1, 0.15) is 5.82 Å². The molecule has 6 heteroatoms. The summed E-state index contributed by atoms with van der Waals surface area (Å²) in [5.74, 6) is -0.352. The molecule has 0 saturated heterocycles. The summed E-state index contributed by atoms with van der Waals surface area (Å²) in [4.78, 5) is 16.8. The molecule has 0 N–H and O–H groups in total. The van der Waals surface area contributed by atoms with Gasteiger partial charge in [0.05, 0.1) is 16.1 Å². The fourth-order valence-corrected chi connectivity index (χ4v) is 3.32. The maximum Gasteiger partial charge on any atom is 0.269 e. The van der Waals surface area contributed by atoms with E-state index in [4.69, 9.17) is 0 Å². The van der Waals surface area contributed by atoms with E-state index in [0.717, 1.165) is 16.8 Å². The van der Waals surface area contributed by atoms with Crippen molar-refractivity contribution < 1.29 is 9.31 Å². The molecular formula is C21H22FN3O2. The maximum absolute atomic E-state index is 14.7. The van der Waals surface area contributed by atoms with Crippen LogP contribution in [0.3, 0.4) is 0 Å². The van der Waals surface area contributed by atoms with Crippen molar-refractivity contribution in [2.75, 3.05) is 11.9 Å². The highest BCUT2D eigenvalue weighted by Crippen LogP contribution is 2.38. The Bertz CT molecular complexity index is 993. The molecule has 0 aromatic heterocycles. The minimum atomic E-state index is -0.448. The third-order valence-corrected chi connectivity index (χ3v) is 5.07. The van der Waals surface area contributed by atoms with Crippen molar-refractivity contribution in [2.24, 2.45) is 4.99 Å². The molecule has 0 amide bonds. The number of allylic oxidation sites excluding steroid dienone is 1. The fraction of sp³-hybridized carbons (Fsp3) is 0.286. The first kappa shape index (κ1) is 18.8. The number of non-ortho nitro benzene ring substituents is 1. The van der Waals surface area contributed by atoms with Gasteiger partial charge in [0.2, 0.25) is 0 Å². The van der Waals surface area contributed by atoms with Crippen molar-refractivity contribution in [1.29, 1.82) is 0 Å². The topological polar surface area (TPSA) is 58.7 Å². The summed E-state index contributed by atoms with van der Waals surface area (Å²) in [5.41, 5.74) is 4.36. The number of halogens is 1. The molecule has 140 valence electrons.